The van der Waals surface area contributed by atoms with Gasteiger partial charge in [0.1, 0.15) is 12.4 Å². The molecular formula is C14H20BrClN2O. The second-order valence-corrected chi connectivity index (χ2v) is 5.97. The van der Waals surface area contributed by atoms with E-state index in [0.29, 0.717) is 0 Å². The minimum absolute atomic E-state index is 0.729. The van der Waals surface area contributed by atoms with E-state index in [2.05, 4.69) is 25.7 Å². The van der Waals surface area contributed by atoms with E-state index in [1.807, 2.05) is 24.3 Å². The summed E-state index contributed by atoms with van der Waals surface area (Å²) in [6.07, 6.45) is 0. The van der Waals surface area contributed by atoms with Crippen LogP contribution in [0.3, 0.4) is 0 Å². The van der Waals surface area contributed by atoms with E-state index >= 15 is 0 Å². The number of alkyl halides is 1. The van der Waals surface area contributed by atoms with E-state index < -0.39 is 0 Å². The Kier molecular flexibility index (Phi) is 6.44. The minimum atomic E-state index is 0.729. The lowest BCUT2D eigenvalue weighted by Crippen LogP contribution is -2.47. The standard InChI is InChI=1S/C14H20BrClN2O/c15-13-1-3-14(4-2-13)19-12-11-18-9-7-17(6-5-16)8-10-18/h1-4H,5-12H2. The Labute approximate surface area is 128 Å². The molecule has 0 atom stereocenters. The van der Waals surface area contributed by atoms with Crippen molar-refractivity contribution in [3.05, 3.63) is 28.7 Å². The third-order valence-corrected chi connectivity index (χ3v) is 4.05. The molecule has 0 aliphatic carbocycles. The van der Waals surface area contributed by atoms with Gasteiger partial charge in [-0.1, -0.05) is 15.9 Å². The number of hydrogen-bond donors (Lipinski definition) is 0. The zero-order valence-corrected chi connectivity index (χ0v) is 13.4. The minimum Gasteiger partial charge on any atom is -0.492 e. The van der Waals surface area contributed by atoms with Crippen LogP contribution in [0, 0.1) is 0 Å². The monoisotopic (exact) mass is 346 g/mol. The molecule has 1 heterocycles. The molecule has 3 nitrogen and oxygen atoms in total. The third kappa shape index (κ3) is 5.30. The maximum absolute atomic E-state index is 5.76. The highest BCUT2D eigenvalue weighted by atomic mass is 79.9. The summed E-state index contributed by atoms with van der Waals surface area (Å²) in [5.41, 5.74) is 0. The molecular weight excluding hydrogens is 328 g/mol. The lowest BCUT2D eigenvalue weighted by molar-refractivity contribution is 0.121. The lowest BCUT2D eigenvalue weighted by atomic mass is 10.3. The molecule has 0 N–H and O–H groups in total. The number of piperazine rings is 1. The summed E-state index contributed by atoms with van der Waals surface area (Å²) in [4.78, 5) is 4.86. The number of ether oxygens (including phenoxy) is 1. The van der Waals surface area contributed by atoms with Gasteiger partial charge in [-0.3, -0.25) is 9.80 Å². The zero-order valence-electron chi connectivity index (χ0n) is 11.0. The lowest BCUT2D eigenvalue weighted by Gasteiger charge is -2.34. The van der Waals surface area contributed by atoms with Crippen LogP contribution in [0.25, 0.3) is 0 Å². The molecule has 1 aromatic rings. The van der Waals surface area contributed by atoms with Gasteiger partial charge in [0, 0.05) is 49.6 Å². The highest BCUT2D eigenvalue weighted by Crippen LogP contribution is 2.16. The molecule has 1 fully saturated rings. The van der Waals surface area contributed by atoms with Crippen LogP contribution in [0.4, 0.5) is 0 Å². The Morgan fingerprint density at radius 1 is 1.00 bits per heavy atom. The third-order valence-electron chi connectivity index (χ3n) is 3.36. The van der Waals surface area contributed by atoms with Gasteiger partial charge in [0.05, 0.1) is 0 Å². The molecule has 19 heavy (non-hydrogen) atoms. The van der Waals surface area contributed by atoms with Gasteiger partial charge in [-0.15, -0.1) is 11.6 Å². The molecule has 0 amide bonds. The fraction of sp³-hybridized carbons (Fsp3) is 0.571. The van der Waals surface area contributed by atoms with Gasteiger partial charge in [-0.05, 0) is 24.3 Å². The smallest absolute Gasteiger partial charge is 0.119 e. The van der Waals surface area contributed by atoms with Crippen molar-refractivity contribution in [2.75, 3.05) is 51.8 Å². The molecule has 2 rings (SSSR count). The van der Waals surface area contributed by atoms with Gasteiger partial charge in [0.15, 0.2) is 0 Å². The van der Waals surface area contributed by atoms with Crippen molar-refractivity contribution in [1.29, 1.82) is 0 Å². The van der Waals surface area contributed by atoms with Crippen molar-refractivity contribution in [3.63, 3.8) is 0 Å². The van der Waals surface area contributed by atoms with Crippen molar-refractivity contribution in [3.8, 4) is 5.75 Å². The van der Waals surface area contributed by atoms with Gasteiger partial charge in [0.2, 0.25) is 0 Å². The van der Waals surface area contributed by atoms with E-state index in [4.69, 9.17) is 16.3 Å². The van der Waals surface area contributed by atoms with E-state index in [1.165, 1.54) is 0 Å². The predicted molar refractivity (Wildman–Crippen MR) is 83.2 cm³/mol. The summed E-state index contributed by atoms with van der Waals surface area (Å²) >= 11 is 9.17. The molecule has 0 unspecified atom stereocenters. The fourth-order valence-corrected chi connectivity index (χ4v) is 2.68. The van der Waals surface area contributed by atoms with Crippen LogP contribution >= 0.6 is 27.5 Å². The number of benzene rings is 1. The first kappa shape index (κ1) is 15.1. The Bertz CT molecular complexity index is 366. The zero-order chi connectivity index (χ0) is 13.5. The molecule has 1 saturated heterocycles. The van der Waals surface area contributed by atoms with Gasteiger partial charge in [-0.25, -0.2) is 0 Å². The summed E-state index contributed by atoms with van der Waals surface area (Å²) in [6, 6.07) is 7.98. The molecule has 0 saturated carbocycles. The number of rotatable bonds is 6. The Hall–Kier alpha value is -0.290. The molecule has 1 aliphatic rings. The molecule has 106 valence electrons. The van der Waals surface area contributed by atoms with Gasteiger partial charge < -0.3 is 4.74 Å². The van der Waals surface area contributed by atoms with Gasteiger partial charge in [0.25, 0.3) is 0 Å². The number of hydrogen-bond acceptors (Lipinski definition) is 3. The van der Waals surface area contributed by atoms with Crippen LogP contribution in [0.15, 0.2) is 28.7 Å². The Morgan fingerprint density at radius 3 is 2.16 bits per heavy atom. The van der Waals surface area contributed by atoms with Crippen LogP contribution in [0.5, 0.6) is 5.75 Å². The topological polar surface area (TPSA) is 15.7 Å². The first-order chi connectivity index (χ1) is 9.28. The Balaban J connectivity index is 1.63. The molecule has 0 radical (unpaired) electrons. The summed E-state index contributed by atoms with van der Waals surface area (Å²) in [6.45, 7) is 7.20. The molecule has 0 bridgehead atoms. The second kappa shape index (κ2) is 8.10. The van der Waals surface area contributed by atoms with E-state index in [-0.39, 0.29) is 0 Å². The van der Waals surface area contributed by atoms with Gasteiger partial charge >= 0.3 is 0 Å². The van der Waals surface area contributed by atoms with Gasteiger partial charge in [-0.2, -0.15) is 0 Å². The summed E-state index contributed by atoms with van der Waals surface area (Å²) in [7, 11) is 0. The van der Waals surface area contributed by atoms with Crippen LogP contribution in [-0.4, -0.2) is 61.6 Å². The SMILES string of the molecule is ClCCN1CCN(CCOc2ccc(Br)cc2)CC1. The quantitative estimate of drug-likeness (QED) is 0.736. The van der Waals surface area contributed by atoms with E-state index in [9.17, 15) is 0 Å². The molecule has 0 spiro atoms. The molecule has 1 aromatic carbocycles. The van der Waals surface area contributed by atoms with Crippen molar-refractivity contribution >= 4 is 27.5 Å². The molecule has 5 heteroatoms. The first-order valence-corrected chi connectivity index (χ1v) is 8.00. The predicted octanol–water partition coefficient (Wildman–Crippen LogP) is 2.68. The maximum Gasteiger partial charge on any atom is 0.119 e. The van der Waals surface area contributed by atoms with Crippen LogP contribution < -0.4 is 4.74 Å². The highest BCUT2D eigenvalue weighted by molar-refractivity contribution is 9.10. The van der Waals surface area contributed by atoms with Crippen molar-refractivity contribution in [1.82, 2.24) is 9.80 Å². The summed E-state index contributed by atoms with van der Waals surface area (Å²) in [5, 5.41) is 0. The average molecular weight is 348 g/mol. The normalized spacial score (nSPS) is 17.6. The van der Waals surface area contributed by atoms with Crippen LogP contribution in [-0.2, 0) is 0 Å². The highest BCUT2D eigenvalue weighted by Gasteiger charge is 2.15. The largest absolute Gasteiger partial charge is 0.492 e. The molecule has 1 aliphatic heterocycles. The Morgan fingerprint density at radius 2 is 1.58 bits per heavy atom. The van der Waals surface area contributed by atoms with Crippen LogP contribution in [0.1, 0.15) is 0 Å². The second-order valence-electron chi connectivity index (χ2n) is 4.67. The average Bonchev–Trinajstić information content (AvgIpc) is 2.43. The number of nitrogens with zero attached hydrogens (tertiary/aromatic N) is 2. The summed E-state index contributed by atoms with van der Waals surface area (Å²) in [5.74, 6) is 1.66. The van der Waals surface area contributed by atoms with Crippen molar-refractivity contribution in [2.45, 2.75) is 0 Å². The summed E-state index contributed by atoms with van der Waals surface area (Å²) < 4.78 is 6.82. The van der Waals surface area contributed by atoms with E-state index in [1.54, 1.807) is 0 Å². The van der Waals surface area contributed by atoms with Crippen molar-refractivity contribution < 1.29 is 4.74 Å². The maximum atomic E-state index is 5.76. The van der Waals surface area contributed by atoms with Crippen molar-refractivity contribution in [2.24, 2.45) is 0 Å². The van der Waals surface area contributed by atoms with E-state index in [0.717, 1.165) is 62.0 Å². The number of halogens is 2. The molecule has 0 aromatic heterocycles. The van der Waals surface area contributed by atoms with Crippen LogP contribution in [0.2, 0.25) is 0 Å². The first-order valence-electron chi connectivity index (χ1n) is 6.67. The fourth-order valence-electron chi connectivity index (χ4n) is 2.18.